The van der Waals surface area contributed by atoms with Crippen molar-refractivity contribution in [1.29, 1.82) is 0 Å². The summed E-state index contributed by atoms with van der Waals surface area (Å²) < 4.78 is 17.8. The van der Waals surface area contributed by atoms with Gasteiger partial charge in [-0.15, -0.1) is 0 Å². The highest BCUT2D eigenvalue weighted by molar-refractivity contribution is 6.35. The predicted octanol–water partition coefficient (Wildman–Crippen LogP) is 6.80. The predicted molar refractivity (Wildman–Crippen MR) is 234 cm³/mol. The summed E-state index contributed by atoms with van der Waals surface area (Å²) in [5.74, 6) is 0.232. The second kappa shape index (κ2) is 16.7. The van der Waals surface area contributed by atoms with Crippen LogP contribution in [-0.2, 0) is 14.1 Å². The lowest BCUT2D eigenvalue weighted by molar-refractivity contribution is 0.473. The van der Waals surface area contributed by atoms with Crippen molar-refractivity contribution < 1.29 is 9.50 Å². The minimum absolute atomic E-state index is 0.155. The van der Waals surface area contributed by atoms with E-state index in [1.165, 1.54) is 6.07 Å². The zero-order valence-corrected chi connectivity index (χ0v) is 34.8. The second-order valence-electron chi connectivity index (χ2n) is 14.6. The SMILES string of the molecule is CC.CNC1CCN(c2cnc3nc(-c4cc5cn(C)nc5c(C)c4O)ncc3c2)C1.Cn1cc2cc(-c3cc(Cl)c4cc(N5CCNCC5)cnc4n3)cc(F)c2n1. The third-order valence-electron chi connectivity index (χ3n) is 10.8. The van der Waals surface area contributed by atoms with E-state index in [1.54, 1.807) is 34.9 Å². The number of fused-ring (bicyclic) bond motifs is 4. The van der Waals surface area contributed by atoms with E-state index >= 15 is 0 Å². The average molecular weight is 816 g/mol. The lowest BCUT2D eigenvalue weighted by atomic mass is 10.1. The van der Waals surface area contributed by atoms with Crippen LogP contribution in [0.4, 0.5) is 15.8 Å². The number of aromatic hydroxyl groups is 1. The number of phenolic OH excluding ortho intramolecular Hbond substituents is 1. The van der Waals surface area contributed by atoms with Crippen LogP contribution in [0.25, 0.3) is 66.5 Å². The summed E-state index contributed by atoms with van der Waals surface area (Å²) in [6, 6.07) is 11.6. The summed E-state index contributed by atoms with van der Waals surface area (Å²) in [6.45, 7) is 11.6. The molecular formula is C43H47ClFN13O. The zero-order valence-electron chi connectivity index (χ0n) is 34.0. The van der Waals surface area contributed by atoms with Crippen LogP contribution >= 0.6 is 11.6 Å². The molecule has 1 unspecified atom stereocenters. The van der Waals surface area contributed by atoms with Crippen molar-refractivity contribution in [2.24, 2.45) is 14.1 Å². The minimum Gasteiger partial charge on any atom is -0.507 e. The van der Waals surface area contributed by atoms with Crippen LogP contribution in [0.1, 0.15) is 25.8 Å². The summed E-state index contributed by atoms with van der Waals surface area (Å²) in [4.78, 5) is 27.5. The van der Waals surface area contributed by atoms with Gasteiger partial charge in [0.05, 0.1) is 45.6 Å². The highest BCUT2D eigenvalue weighted by atomic mass is 35.5. The molecule has 2 aromatic carbocycles. The molecule has 0 aliphatic carbocycles. The molecule has 2 aliphatic heterocycles. The van der Waals surface area contributed by atoms with Gasteiger partial charge in [-0.1, -0.05) is 25.4 Å². The number of nitrogens with zero attached hydrogens (tertiary/aromatic N) is 11. The van der Waals surface area contributed by atoms with Crippen molar-refractivity contribution in [2.45, 2.75) is 33.2 Å². The quantitative estimate of drug-likeness (QED) is 0.168. The molecule has 0 spiro atoms. The van der Waals surface area contributed by atoms with Crippen LogP contribution in [-0.4, -0.2) is 102 Å². The average Bonchev–Trinajstić information content (AvgIpc) is 4.01. The maximum atomic E-state index is 14.5. The first-order chi connectivity index (χ1) is 28.6. The molecular weight excluding hydrogens is 769 g/mol. The summed E-state index contributed by atoms with van der Waals surface area (Å²) >= 11 is 6.56. The highest BCUT2D eigenvalue weighted by Crippen LogP contribution is 2.36. The first-order valence-electron chi connectivity index (χ1n) is 19.9. The number of phenols is 1. The molecule has 16 heteroatoms. The first kappa shape index (κ1) is 39.8. The molecule has 0 radical (unpaired) electrons. The molecule has 3 N–H and O–H groups in total. The van der Waals surface area contributed by atoms with Crippen LogP contribution in [0.5, 0.6) is 5.75 Å². The van der Waals surface area contributed by atoms with Gasteiger partial charge in [0.1, 0.15) is 11.3 Å². The number of pyridine rings is 3. The molecule has 0 bridgehead atoms. The van der Waals surface area contributed by atoms with Crippen molar-refractivity contribution >= 4 is 66.8 Å². The van der Waals surface area contributed by atoms with Crippen molar-refractivity contribution in [1.82, 2.24) is 55.1 Å². The maximum absolute atomic E-state index is 14.5. The Hall–Kier alpha value is -6.03. The van der Waals surface area contributed by atoms with Crippen LogP contribution in [0.3, 0.4) is 0 Å². The fourth-order valence-electron chi connectivity index (χ4n) is 7.72. The van der Waals surface area contributed by atoms with Gasteiger partial charge in [-0.25, -0.2) is 29.3 Å². The van der Waals surface area contributed by atoms with Gasteiger partial charge in [-0.05, 0) is 56.8 Å². The number of hydrogen-bond donors (Lipinski definition) is 3. The molecule has 8 heterocycles. The van der Waals surface area contributed by atoms with E-state index in [9.17, 15) is 9.50 Å². The lowest BCUT2D eigenvalue weighted by Gasteiger charge is -2.29. The summed E-state index contributed by atoms with van der Waals surface area (Å²) in [5.41, 5.74) is 6.96. The Morgan fingerprint density at radius 1 is 0.797 bits per heavy atom. The fraction of sp³-hybridized carbons (Fsp3) is 0.326. The largest absolute Gasteiger partial charge is 0.507 e. The normalized spacial score (nSPS) is 15.5. The van der Waals surface area contributed by atoms with Crippen LogP contribution in [0.2, 0.25) is 5.02 Å². The van der Waals surface area contributed by atoms with Crippen LogP contribution in [0.15, 0.2) is 67.4 Å². The number of anilines is 2. The fourth-order valence-corrected chi connectivity index (χ4v) is 7.96. The Morgan fingerprint density at radius 3 is 2.22 bits per heavy atom. The van der Waals surface area contributed by atoms with Crippen molar-refractivity contribution in [2.75, 3.05) is 56.1 Å². The number of rotatable bonds is 5. The molecule has 14 nitrogen and oxygen atoms in total. The minimum atomic E-state index is -0.381. The topological polar surface area (TPSA) is 151 Å². The van der Waals surface area contributed by atoms with Gasteiger partial charge in [-0.3, -0.25) is 9.36 Å². The summed E-state index contributed by atoms with van der Waals surface area (Å²) in [7, 11) is 5.63. The van der Waals surface area contributed by atoms with E-state index in [1.807, 2.05) is 71.7 Å². The Balaban J connectivity index is 0.000000158. The van der Waals surface area contributed by atoms with Gasteiger partial charge in [0.25, 0.3) is 0 Å². The standard InChI is InChI=1S/C21H23N7O.C20H18ClFN6.C2H6/c1-12-18-14(10-27(3)26-18)7-17(19(12)29)21-23-8-13-6-16(9-24-20(13)25-21)28-5-4-15(11-28)22-2;1-27-11-13-6-12(7-17(22)19(13)26-27)18-9-16(21)15-8-14(10-24-20(15)25-18)28-4-2-23-3-5-28;1-2/h6-10,15,22,29H,4-5,11H2,1-3H3;6-11,23H,2-5H2,1H3;1-2H3. The van der Waals surface area contributed by atoms with Crippen LogP contribution in [0, 0.1) is 12.7 Å². The Bertz CT molecular complexity index is 2820. The van der Waals surface area contributed by atoms with Gasteiger partial charge < -0.3 is 25.5 Å². The van der Waals surface area contributed by atoms with Gasteiger partial charge in [0, 0.05) is 111 Å². The Morgan fingerprint density at radius 2 is 1.49 bits per heavy atom. The molecule has 6 aromatic heterocycles. The maximum Gasteiger partial charge on any atom is 0.165 e. The molecule has 2 saturated heterocycles. The smallest absolute Gasteiger partial charge is 0.165 e. The molecule has 304 valence electrons. The number of likely N-dealkylation sites (N-methyl/N-ethyl adjacent to an activating group) is 1. The van der Waals surface area contributed by atoms with Crippen molar-refractivity contribution in [3.63, 3.8) is 0 Å². The van der Waals surface area contributed by atoms with E-state index in [2.05, 4.69) is 61.6 Å². The number of benzene rings is 2. The molecule has 2 fully saturated rings. The van der Waals surface area contributed by atoms with Crippen molar-refractivity contribution in [3.05, 3.63) is 83.8 Å². The summed E-state index contributed by atoms with van der Waals surface area (Å²) in [6.07, 6.45) is 10.3. The van der Waals surface area contributed by atoms with E-state index in [-0.39, 0.29) is 11.6 Å². The first-order valence-corrected chi connectivity index (χ1v) is 20.3. The molecule has 1 atom stereocenters. The van der Waals surface area contributed by atoms with Gasteiger partial charge in [0.15, 0.2) is 22.9 Å². The van der Waals surface area contributed by atoms with E-state index in [4.69, 9.17) is 11.6 Å². The van der Waals surface area contributed by atoms with E-state index < -0.39 is 0 Å². The number of nitrogens with one attached hydrogen (secondary N) is 2. The van der Waals surface area contributed by atoms with Crippen molar-refractivity contribution in [3.8, 4) is 28.4 Å². The lowest BCUT2D eigenvalue weighted by Crippen LogP contribution is -2.43. The number of aryl methyl sites for hydroxylation is 3. The Labute approximate surface area is 346 Å². The second-order valence-corrected chi connectivity index (χ2v) is 15.1. The molecule has 59 heavy (non-hydrogen) atoms. The van der Waals surface area contributed by atoms with Gasteiger partial charge in [0.2, 0.25) is 0 Å². The number of halogens is 2. The number of aromatic nitrogens is 9. The van der Waals surface area contributed by atoms with Gasteiger partial charge >= 0.3 is 0 Å². The third kappa shape index (κ3) is 7.92. The monoisotopic (exact) mass is 815 g/mol. The Kier molecular flexibility index (Phi) is 11.2. The zero-order chi connectivity index (χ0) is 41.4. The number of hydrogen-bond acceptors (Lipinski definition) is 12. The highest BCUT2D eigenvalue weighted by Gasteiger charge is 2.22. The van der Waals surface area contributed by atoms with Crippen LogP contribution < -0.4 is 20.4 Å². The molecule has 8 aromatic rings. The van der Waals surface area contributed by atoms with E-state index in [0.717, 1.165) is 89.7 Å². The summed E-state index contributed by atoms with van der Waals surface area (Å²) in [5, 5.41) is 29.8. The molecule has 2 aliphatic rings. The van der Waals surface area contributed by atoms with E-state index in [0.29, 0.717) is 50.5 Å². The number of piperazine rings is 1. The molecule has 0 saturated carbocycles. The third-order valence-corrected chi connectivity index (χ3v) is 11.1. The molecule has 10 rings (SSSR count). The molecule has 0 amide bonds. The van der Waals surface area contributed by atoms with Gasteiger partial charge in [-0.2, -0.15) is 10.2 Å².